The molecule has 0 radical (unpaired) electrons. The van der Waals surface area contributed by atoms with E-state index in [4.69, 9.17) is 9.47 Å². The summed E-state index contributed by atoms with van der Waals surface area (Å²) in [5, 5.41) is 0. The Morgan fingerprint density at radius 3 is 2.86 bits per heavy atom. The number of rotatable bonds is 7. The van der Waals surface area contributed by atoms with E-state index in [9.17, 15) is 13.2 Å². The minimum atomic E-state index is -3.44. The summed E-state index contributed by atoms with van der Waals surface area (Å²) in [4.78, 5) is 17.7. The summed E-state index contributed by atoms with van der Waals surface area (Å²) in [5.74, 6) is 0.300. The quantitative estimate of drug-likeness (QED) is 0.626. The molecule has 154 valence electrons. The number of sulfonamides is 1. The van der Waals surface area contributed by atoms with Gasteiger partial charge in [0.25, 0.3) is 5.91 Å². The minimum Gasteiger partial charge on any atom is -0.497 e. The summed E-state index contributed by atoms with van der Waals surface area (Å²) >= 11 is 1.38. The van der Waals surface area contributed by atoms with Gasteiger partial charge < -0.3 is 14.0 Å². The molecule has 1 aliphatic rings. The van der Waals surface area contributed by atoms with Gasteiger partial charge in [-0.2, -0.15) is 9.30 Å². The predicted molar refractivity (Wildman–Crippen MR) is 108 cm³/mol. The molecule has 10 heteroatoms. The molecule has 0 bridgehead atoms. The Kier molecular flexibility index (Phi) is 6.54. The second-order valence-electron chi connectivity index (χ2n) is 6.55. The third-order valence-electron chi connectivity index (χ3n) is 4.67. The third kappa shape index (κ3) is 4.45. The second kappa shape index (κ2) is 8.73. The molecule has 1 fully saturated rings. The maximum atomic E-state index is 12.8. The molecule has 0 spiro atoms. The van der Waals surface area contributed by atoms with Crippen molar-refractivity contribution in [3.63, 3.8) is 0 Å². The fourth-order valence-electron chi connectivity index (χ4n) is 3.33. The van der Waals surface area contributed by atoms with Crippen molar-refractivity contribution in [1.29, 1.82) is 0 Å². The largest absolute Gasteiger partial charge is 0.497 e. The number of aromatic nitrogens is 1. The van der Waals surface area contributed by atoms with Gasteiger partial charge in [-0.15, -0.1) is 0 Å². The Morgan fingerprint density at radius 2 is 2.18 bits per heavy atom. The predicted octanol–water partition coefficient (Wildman–Crippen LogP) is 1.60. The van der Waals surface area contributed by atoms with E-state index < -0.39 is 22.0 Å². The number of methoxy groups -OCH3 is 1. The first-order valence-corrected chi connectivity index (χ1v) is 11.8. The van der Waals surface area contributed by atoms with Gasteiger partial charge in [0.1, 0.15) is 11.8 Å². The van der Waals surface area contributed by atoms with Crippen molar-refractivity contribution in [2.75, 3.05) is 33.1 Å². The number of carbonyl (C=O) groups excluding carboxylic acids is 1. The van der Waals surface area contributed by atoms with E-state index in [1.807, 2.05) is 29.7 Å². The van der Waals surface area contributed by atoms with Crippen LogP contribution >= 0.6 is 11.3 Å². The molecule has 2 aromatic rings. The molecule has 1 aliphatic heterocycles. The molecule has 1 saturated heterocycles. The van der Waals surface area contributed by atoms with Gasteiger partial charge in [0.05, 0.1) is 30.2 Å². The number of fused-ring (bicyclic) bond motifs is 1. The maximum Gasteiger partial charge on any atom is 0.266 e. The molecule has 0 N–H and O–H groups in total. The van der Waals surface area contributed by atoms with Crippen LogP contribution in [0.25, 0.3) is 10.2 Å². The number of hydrogen-bond donors (Lipinski definition) is 0. The van der Waals surface area contributed by atoms with Crippen LogP contribution < -0.4 is 9.54 Å². The molecule has 0 aliphatic carbocycles. The fourth-order valence-corrected chi connectivity index (χ4v) is 5.54. The summed E-state index contributed by atoms with van der Waals surface area (Å²) in [7, 11) is -1.83. The summed E-state index contributed by atoms with van der Waals surface area (Å²) < 4.78 is 38.8. The first kappa shape index (κ1) is 21.0. The van der Waals surface area contributed by atoms with Crippen molar-refractivity contribution >= 4 is 37.5 Å². The molecule has 8 nitrogen and oxygen atoms in total. The van der Waals surface area contributed by atoms with Crippen LogP contribution in [0, 0.1) is 0 Å². The second-order valence-corrected chi connectivity index (χ2v) is 9.49. The van der Waals surface area contributed by atoms with Crippen molar-refractivity contribution in [1.82, 2.24) is 8.87 Å². The number of thiazole rings is 1. The van der Waals surface area contributed by atoms with Crippen LogP contribution in [0.1, 0.15) is 19.8 Å². The highest BCUT2D eigenvalue weighted by molar-refractivity contribution is 7.88. The lowest BCUT2D eigenvalue weighted by molar-refractivity contribution is -0.121. The standard InChI is InChI=1S/C18H25N3O5S2/c1-4-26-11-10-20-14-8-7-13(25-2)12-16(14)27-18(20)19-17(22)15-6-5-9-21(15)28(3,23)24/h7-8,12,15H,4-6,9-11H2,1-3H3. The van der Waals surface area contributed by atoms with Gasteiger partial charge >= 0.3 is 0 Å². The fraction of sp³-hybridized carbons (Fsp3) is 0.556. The average Bonchev–Trinajstić information content (AvgIpc) is 3.26. The normalized spacial score (nSPS) is 18.8. The molecular weight excluding hydrogens is 402 g/mol. The van der Waals surface area contributed by atoms with Crippen molar-refractivity contribution in [2.24, 2.45) is 4.99 Å². The molecule has 1 unspecified atom stereocenters. The number of hydrogen-bond acceptors (Lipinski definition) is 6. The Bertz CT molecular complexity index is 1030. The van der Waals surface area contributed by atoms with Crippen LogP contribution in [0.2, 0.25) is 0 Å². The first-order chi connectivity index (χ1) is 13.3. The zero-order chi connectivity index (χ0) is 20.3. The summed E-state index contributed by atoms with van der Waals surface area (Å²) in [5.41, 5.74) is 0.934. The molecule has 1 amide bonds. The molecule has 1 aromatic carbocycles. The lowest BCUT2D eigenvalue weighted by Gasteiger charge is -2.18. The van der Waals surface area contributed by atoms with Crippen LogP contribution in [0.4, 0.5) is 0 Å². The Hall–Kier alpha value is -1.75. The molecule has 0 saturated carbocycles. The highest BCUT2D eigenvalue weighted by atomic mass is 32.2. The highest BCUT2D eigenvalue weighted by Crippen LogP contribution is 2.24. The van der Waals surface area contributed by atoms with Crippen molar-refractivity contribution in [2.45, 2.75) is 32.4 Å². The van der Waals surface area contributed by atoms with Gasteiger partial charge in [-0.05, 0) is 38.0 Å². The SMILES string of the molecule is CCOCCn1c(=NC(=O)C2CCCN2S(C)(=O)=O)sc2cc(OC)ccc21. The van der Waals surface area contributed by atoms with Crippen molar-refractivity contribution in [3.8, 4) is 5.75 Å². The molecule has 28 heavy (non-hydrogen) atoms. The molecular formula is C18H25N3O5S2. The first-order valence-electron chi connectivity index (χ1n) is 9.15. The molecule has 2 heterocycles. The van der Waals surface area contributed by atoms with Crippen LogP contribution in [-0.2, 0) is 26.1 Å². The lowest BCUT2D eigenvalue weighted by atomic mass is 10.2. The average molecular weight is 428 g/mol. The topological polar surface area (TPSA) is 90.2 Å². The Morgan fingerprint density at radius 1 is 1.39 bits per heavy atom. The Balaban J connectivity index is 2.02. The minimum absolute atomic E-state index is 0.360. The highest BCUT2D eigenvalue weighted by Gasteiger charge is 2.36. The maximum absolute atomic E-state index is 12.8. The summed E-state index contributed by atoms with van der Waals surface area (Å²) in [6, 6.07) is 4.97. The van der Waals surface area contributed by atoms with E-state index in [0.717, 1.165) is 22.2 Å². The molecule has 3 rings (SSSR count). The molecule has 1 aromatic heterocycles. The number of ether oxygens (including phenoxy) is 2. The van der Waals surface area contributed by atoms with Gasteiger partial charge in [0.15, 0.2) is 4.80 Å². The monoisotopic (exact) mass is 427 g/mol. The van der Waals surface area contributed by atoms with Gasteiger partial charge in [-0.3, -0.25) is 4.79 Å². The van der Waals surface area contributed by atoms with Crippen molar-refractivity contribution < 1.29 is 22.7 Å². The van der Waals surface area contributed by atoms with E-state index in [2.05, 4.69) is 4.99 Å². The van der Waals surface area contributed by atoms with Gasteiger partial charge in [0.2, 0.25) is 10.0 Å². The summed E-state index contributed by atoms with van der Waals surface area (Å²) in [6.07, 6.45) is 2.28. The van der Waals surface area contributed by atoms with Gasteiger partial charge in [-0.25, -0.2) is 8.42 Å². The van der Waals surface area contributed by atoms with Crippen LogP contribution in [0.5, 0.6) is 5.75 Å². The van der Waals surface area contributed by atoms with E-state index >= 15 is 0 Å². The number of amides is 1. The zero-order valence-electron chi connectivity index (χ0n) is 16.3. The van der Waals surface area contributed by atoms with E-state index in [0.29, 0.717) is 43.9 Å². The van der Waals surface area contributed by atoms with Crippen LogP contribution in [0.15, 0.2) is 23.2 Å². The number of nitrogens with zero attached hydrogens (tertiary/aromatic N) is 3. The Labute approximate surface area is 168 Å². The van der Waals surface area contributed by atoms with Gasteiger partial charge in [0, 0.05) is 19.7 Å². The van der Waals surface area contributed by atoms with Crippen LogP contribution in [0.3, 0.4) is 0 Å². The van der Waals surface area contributed by atoms with Gasteiger partial charge in [-0.1, -0.05) is 11.3 Å². The van der Waals surface area contributed by atoms with E-state index in [-0.39, 0.29) is 0 Å². The molecule has 1 atom stereocenters. The number of benzene rings is 1. The third-order valence-corrected chi connectivity index (χ3v) is 7.00. The van der Waals surface area contributed by atoms with E-state index in [1.54, 1.807) is 7.11 Å². The van der Waals surface area contributed by atoms with Crippen LogP contribution in [-0.4, -0.2) is 62.4 Å². The lowest BCUT2D eigenvalue weighted by Crippen LogP contribution is -2.40. The van der Waals surface area contributed by atoms with Crippen molar-refractivity contribution in [3.05, 3.63) is 23.0 Å². The van der Waals surface area contributed by atoms with E-state index in [1.165, 1.54) is 15.6 Å². The smallest absolute Gasteiger partial charge is 0.266 e. The number of carbonyl (C=O) groups is 1. The zero-order valence-corrected chi connectivity index (χ0v) is 17.9. The summed E-state index contributed by atoms with van der Waals surface area (Å²) in [6.45, 7) is 3.93.